The van der Waals surface area contributed by atoms with Crippen LogP contribution in [-0.4, -0.2) is 24.7 Å². The highest BCUT2D eigenvalue weighted by molar-refractivity contribution is 6.31. The van der Waals surface area contributed by atoms with Crippen LogP contribution in [0.25, 0.3) is 0 Å². The first kappa shape index (κ1) is 13.7. The fourth-order valence-corrected chi connectivity index (χ4v) is 4.22. The molecule has 3 atom stereocenters. The molecule has 0 saturated heterocycles. The van der Waals surface area contributed by atoms with Crippen LogP contribution in [0.3, 0.4) is 0 Å². The SMILES string of the molecule is CN(CC1CC2CCC1C2)c1cc(Cl)ccc1C(=O)O. The lowest BCUT2D eigenvalue weighted by molar-refractivity contribution is 0.0697. The predicted molar refractivity (Wildman–Crippen MR) is 80.6 cm³/mol. The van der Waals surface area contributed by atoms with Crippen molar-refractivity contribution < 1.29 is 9.90 Å². The second-order valence-corrected chi connectivity index (χ2v) is 6.72. The minimum Gasteiger partial charge on any atom is -0.478 e. The average Bonchev–Trinajstić information content (AvgIpc) is 3.00. The minimum atomic E-state index is -0.892. The molecule has 3 unspecified atom stereocenters. The Labute approximate surface area is 124 Å². The van der Waals surface area contributed by atoms with E-state index in [2.05, 4.69) is 4.90 Å². The summed E-state index contributed by atoms with van der Waals surface area (Å²) >= 11 is 6.03. The standard InChI is InChI=1S/C16H20ClNO2/c1-18(9-12-7-10-2-3-11(12)6-10)15-8-13(17)4-5-14(15)16(19)20/h4-5,8,10-12H,2-3,6-7,9H2,1H3,(H,19,20). The van der Waals surface area contributed by atoms with E-state index in [0.717, 1.165) is 24.1 Å². The molecule has 4 heteroatoms. The van der Waals surface area contributed by atoms with Gasteiger partial charge in [-0.15, -0.1) is 0 Å². The molecule has 0 heterocycles. The van der Waals surface area contributed by atoms with Crippen LogP contribution in [0.1, 0.15) is 36.0 Å². The Bertz CT molecular complexity index is 531. The molecule has 0 aliphatic heterocycles. The molecule has 2 fully saturated rings. The molecule has 20 heavy (non-hydrogen) atoms. The highest BCUT2D eigenvalue weighted by Gasteiger charge is 2.39. The molecule has 0 amide bonds. The quantitative estimate of drug-likeness (QED) is 0.915. The number of carboxylic acids is 1. The van der Waals surface area contributed by atoms with E-state index in [1.807, 2.05) is 7.05 Å². The van der Waals surface area contributed by atoms with Gasteiger partial charge in [-0.2, -0.15) is 0 Å². The second-order valence-electron chi connectivity index (χ2n) is 6.28. The van der Waals surface area contributed by atoms with Gasteiger partial charge in [-0.05, 0) is 55.2 Å². The molecule has 3 rings (SSSR count). The summed E-state index contributed by atoms with van der Waals surface area (Å²) < 4.78 is 0. The lowest BCUT2D eigenvalue weighted by Crippen LogP contribution is -2.29. The van der Waals surface area contributed by atoms with Crippen LogP contribution in [0.5, 0.6) is 0 Å². The van der Waals surface area contributed by atoms with E-state index >= 15 is 0 Å². The molecule has 1 aromatic carbocycles. The summed E-state index contributed by atoms with van der Waals surface area (Å²) in [4.78, 5) is 13.4. The molecule has 0 aromatic heterocycles. The third-order valence-electron chi connectivity index (χ3n) is 4.99. The topological polar surface area (TPSA) is 40.5 Å². The number of rotatable bonds is 4. The highest BCUT2D eigenvalue weighted by Crippen LogP contribution is 2.48. The molecule has 1 N–H and O–H groups in total. The normalized spacial score (nSPS) is 27.8. The molecular formula is C16H20ClNO2. The minimum absolute atomic E-state index is 0.333. The number of benzene rings is 1. The zero-order valence-corrected chi connectivity index (χ0v) is 12.4. The van der Waals surface area contributed by atoms with Crippen molar-refractivity contribution in [3.8, 4) is 0 Å². The van der Waals surface area contributed by atoms with E-state index in [0.29, 0.717) is 16.5 Å². The van der Waals surface area contributed by atoms with E-state index in [1.165, 1.54) is 25.7 Å². The molecular weight excluding hydrogens is 274 g/mol. The number of carbonyl (C=O) groups is 1. The summed E-state index contributed by atoms with van der Waals surface area (Å²) in [6.45, 7) is 0.932. The van der Waals surface area contributed by atoms with E-state index < -0.39 is 5.97 Å². The summed E-state index contributed by atoms with van der Waals surface area (Å²) in [5.41, 5.74) is 1.06. The van der Waals surface area contributed by atoms with Crippen molar-refractivity contribution in [1.82, 2.24) is 0 Å². The fourth-order valence-electron chi connectivity index (χ4n) is 4.05. The van der Waals surface area contributed by atoms with Crippen LogP contribution in [0.2, 0.25) is 5.02 Å². The van der Waals surface area contributed by atoms with Crippen molar-refractivity contribution in [2.24, 2.45) is 17.8 Å². The van der Waals surface area contributed by atoms with Gasteiger partial charge in [0.15, 0.2) is 0 Å². The predicted octanol–water partition coefficient (Wildman–Crippen LogP) is 3.91. The molecule has 1 aromatic rings. The number of fused-ring (bicyclic) bond motifs is 2. The highest BCUT2D eigenvalue weighted by atomic mass is 35.5. The molecule has 3 nitrogen and oxygen atoms in total. The Morgan fingerprint density at radius 1 is 1.40 bits per heavy atom. The maximum absolute atomic E-state index is 11.3. The van der Waals surface area contributed by atoms with Gasteiger partial charge >= 0.3 is 5.97 Å². The van der Waals surface area contributed by atoms with E-state index in [9.17, 15) is 9.90 Å². The first-order valence-electron chi connectivity index (χ1n) is 7.28. The largest absolute Gasteiger partial charge is 0.478 e. The van der Waals surface area contributed by atoms with Crippen LogP contribution in [0.4, 0.5) is 5.69 Å². The monoisotopic (exact) mass is 293 g/mol. The van der Waals surface area contributed by atoms with Gasteiger partial charge in [0.1, 0.15) is 0 Å². The van der Waals surface area contributed by atoms with Gasteiger partial charge in [-0.1, -0.05) is 18.0 Å². The maximum Gasteiger partial charge on any atom is 0.337 e. The lowest BCUT2D eigenvalue weighted by Gasteiger charge is -2.29. The van der Waals surface area contributed by atoms with E-state index in [-0.39, 0.29) is 0 Å². The van der Waals surface area contributed by atoms with Crippen LogP contribution >= 0.6 is 11.6 Å². The van der Waals surface area contributed by atoms with Crippen LogP contribution in [0, 0.1) is 17.8 Å². The summed E-state index contributed by atoms with van der Waals surface area (Å²) in [5, 5.41) is 9.89. The smallest absolute Gasteiger partial charge is 0.337 e. The number of anilines is 1. The van der Waals surface area contributed by atoms with Crippen LogP contribution < -0.4 is 4.90 Å². The Morgan fingerprint density at radius 2 is 2.20 bits per heavy atom. The number of aromatic carboxylic acids is 1. The summed E-state index contributed by atoms with van der Waals surface area (Å²) in [7, 11) is 1.98. The molecule has 2 saturated carbocycles. The second kappa shape index (κ2) is 5.28. The number of hydrogen-bond donors (Lipinski definition) is 1. The van der Waals surface area contributed by atoms with Gasteiger partial charge in [0.25, 0.3) is 0 Å². The first-order chi connectivity index (χ1) is 9.54. The van der Waals surface area contributed by atoms with Gasteiger partial charge in [0.05, 0.1) is 11.3 Å². The number of halogens is 1. The van der Waals surface area contributed by atoms with E-state index in [1.54, 1.807) is 18.2 Å². The maximum atomic E-state index is 11.3. The zero-order chi connectivity index (χ0) is 14.3. The number of nitrogens with zero attached hydrogens (tertiary/aromatic N) is 1. The number of carboxylic acid groups (broad SMARTS) is 1. The molecule has 108 valence electrons. The van der Waals surface area contributed by atoms with Crippen molar-refractivity contribution in [1.29, 1.82) is 0 Å². The Kier molecular flexibility index (Phi) is 3.63. The van der Waals surface area contributed by atoms with E-state index in [4.69, 9.17) is 11.6 Å². The molecule has 0 radical (unpaired) electrons. The third kappa shape index (κ3) is 2.51. The van der Waals surface area contributed by atoms with Crippen LogP contribution in [-0.2, 0) is 0 Å². The van der Waals surface area contributed by atoms with Crippen molar-refractivity contribution in [3.63, 3.8) is 0 Å². The Morgan fingerprint density at radius 3 is 2.80 bits per heavy atom. The summed E-state index contributed by atoms with van der Waals surface area (Å²) in [6.07, 6.45) is 5.42. The van der Waals surface area contributed by atoms with Gasteiger partial charge < -0.3 is 10.0 Å². The zero-order valence-electron chi connectivity index (χ0n) is 11.7. The van der Waals surface area contributed by atoms with Gasteiger partial charge in [0, 0.05) is 18.6 Å². The molecule has 2 aliphatic rings. The summed E-state index contributed by atoms with van der Waals surface area (Å²) in [5.74, 6) is 1.57. The van der Waals surface area contributed by atoms with Gasteiger partial charge in [-0.3, -0.25) is 0 Å². The number of hydrogen-bond acceptors (Lipinski definition) is 2. The molecule has 2 bridgehead atoms. The van der Waals surface area contributed by atoms with Gasteiger partial charge in [0.2, 0.25) is 0 Å². The summed E-state index contributed by atoms with van der Waals surface area (Å²) in [6, 6.07) is 5.00. The fraction of sp³-hybridized carbons (Fsp3) is 0.562. The molecule has 2 aliphatic carbocycles. The average molecular weight is 294 g/mol. The Balaban J connectivity index is 1.78. The van der Waals surface area contributed by atoms with Crippen molar-refractivity contribution in [2.75, 3.05) is 18.5 Å². The lowest BCUT2D eigenvalue weighted by atomic mass is 9.88. The van der Waals surface area contributed by atoms with Crippen molar-refractivity contribution >= 4 is 23.3 Å². The first-order valence-corrected chi connectivity index (χ1v) is 7.66. The van der Waals surface area contributed by atoms with Crippen molar-refractivity contribution in [2.45, 2.75) is 25.7 Å². The Hall–Kier alpha value is -1.22. The van der Waals surface area contributed by atoms with Gasteiger partial charge in [-0.25, -0.2) is 4.79 Å². The van der Waals surface area contributed by atoms with Crippen molar-refractivity contribution in [3.05, 3.63) is 28.8 Å². The third-order valence-corrected chi connectivity index (χ3v) is 5.23. The molecule has 0 spiro atoms. The van der Waals surface area contributed by atoms with Crippen LogP contribution in [0.15, 0.2) is 18.2 Å².